The van der Waals surface area contributed by atoms with Gasteiger partial charge in [-0.2, -0.15) is 9.78 Å². The highest BCUT2D eigenvalue weighted by atomic mass is 35.5. The second kappa shape index (κ2) is 7.73. The van der Waals surface area contributed by atoms with Gasteiger partial charge in [0.05, 0.1) is 28.0 Å². The highest BCUT2D eigenvalue weighted by Gasteiger charge is 2.15. The minimum atomic E-state index is -0.255. The number of oxime groups is 1. The Hall–Kier alpha value is -3.70. The molecular weight excluding hydrogens is 386 g/mol. The molecule has 0 aliphatic rings. The average Bonchev–Trinajstić information content (AvgIpc) is 2.75. The molecule has 4 rings (SSSR count). The van der Waals surface area contributed by atoms with Gasteiger partial charge in [0, 0.05) is 10.9 Å². The fourth-order valence-electron chi connectivity index (χ4n) is 3.26. The lowest BCUT2D eigenvalue weighted by molar-refractivity contribution is 0.322. The third-order valence-corrected chi connectivity index (χ3v) is 4.90. The number of hydrogen-bond acceptors (Lipinski definition) is 4. The van der Waals surface area contributed by atoms with E-state index in [9.17, 15) is 4.79 Å². The zero-order valence-electron chi connectivity index (χ0n) is 15.3. The summed E-state index contributed by atoms with van der Waals surface area (Å²) in [4.78, 5) is 13.1. The van der Waals surface area contributed by atoms with E-state index < -0.39 is 0 Å². The van der Waals surface area contributed by atoms with Gasteiger partial charge in [0.2, 0.25) is 0 Å². The molecule has 0 saturated heterocycles. The number of nitrogens with zero attached hydrogens (tertiary/aromatic N) is 3. The largest absolute Gasteiger partial charge is 0.411 e. The van der Waals surface area contributed by atoms with Crippen LogP contribution < -0.4 is 5.56 Å². The van der Waals surface area contributed by atoms with Crippen LogP contribution in [0.15, 0.2) is 83.3 Å². The van der Waals surface area contributed by atoms with Crippen molar-refractivity contribution in [2.24, 2.45) is 5.16 Å². The number of benzene rings is 3. The molecule has 6 heteroatoms. The molecule has 1 N–H and O–H groups in total. The Bertz CT molecular complexity index is 1330. The number of aromatic nitrogens is 2. The summed E-state index contributed by atoms with van der Waals surface area (Å²) in [6.07, 6.45) is 3.03. The van der Waals surface area contributed by atoms with Crippen molar-refractivity contribution in [3.05, 3.63) is 99.8 Å². The fraction of sp³-hybridized carbons (Fsp3) is 0. The lowest BCUT2D eigenvalue weighted by Gasteiger charge is -2.13. The standard InChI is InChI=1S/C23H16ClN3O2/c1-2-15-11-16(14-25-29)13-17(12-15)22-18-7-3-4-8-19(18)23(28)27(26-22)21-10-6-5-9-20(21)24/h2-14,29H,1H2/b25-14+. The molecule has 4 aromatic rings. The van der Waals surface area contributed by atoms with Gasteiger partial charge in [0.15, 0.2) is 0 Å². The quantitative estimate of drug-likeness (QED) is 0.292. The van der Waals surface area contributed by atoms with E-state index >= 15 is 0 Å². The first-order valence-corrected chi connectivity index (χ1v) is 9.22. The van der Waals surface area contributed by atoms with E-state index in [2.05, 4.69) is 16.8 Å². The Morgan fingerprint density at radius 1 is 1.00 bits per heavy atom. The zero-order valence-corrected chi connectivity index (χ0v) is 16.0. The summed E-state index contributed by atoms with van der Waals surface area (Å²) in [5.74, 6) is 0. The molecule has 0 radical (unpaired) electrons. The highest BCUT2D eigenvalue weighted by molar-refractivity contribution is 6.32. The predicted molar refractivity (Wildman–Crippen MR) is 117 cm³/mol. The monoisotopic (exact) mass is 401 g/mol. The highest BCUT2D eigenvalue weighted by Crippen LogP contribution is 2.28. The molecule has 3 aromatic carbocycles. The topological polar surface area (TPSA) is 67.5 Å². The molecule has 0 aliphatic carbocycles. The summed E-state index contributed by atoms with van der Waals surface area (Å²) in [7, 11) is 0. The maximum Gasteiger partial charge on any atom is 0.279 e. The molecule has 0 bridgehead atoms. The van der Waals surface area contributed by atoms with Gasteiger partial charge in [-0.3, -0.25) is 4.79 Å². The van der Waals surface area contributed by atoms with Crippen LogP contribution in [0, 0.1) is 0 Å². The molecule has 0 aliphatic heterocycles. The van der Waals surface area contributed by atoms with Crippen molar-refractivity contribution >= 4 is 34.7 Å². The first kappa shape index (κ1) is 18.7. The second-order valence-electron chi connectivity index (χ2n) is 6.40. The molecule has 142 valence electrons. The minimum absolute atomic E-state index is 0.255. The van der Waals surface area contributed by atoms with Crippen molar-refractivity contribution in [2.75, 3.05) is 0 Å². The van der Waals surface area contributed by atoms with Crippen molar-refractivity contribution in [3.8, 4) is 16.9 Å². The van der Waals surface area contributed by atoms with Crippen molar-refractivity contribution < 1.29 is 5.21 Å². The van der Waals surface area contributed by atoms with E-state index in [1.165, 1.54) is 10.9 Å². The average molecular weight is 402 g/mol. The van der Waals surface area contributed by atoms with E-state index in [1.807, 2.05) is 36.4 Å². The molecule has 1 heterocycles. The zero-order chi connectivity index (χ0) is 20.4. The van der Waals surface area contributed by atoms with Gasteiger partial charge in [0.1, 0.15) is 0 Å². The van der Waals surface area contributed by atoms with Gasteiger partial charge in [-0.25, -0.2) is 0 Å². The maximum absolute atomic E-state index is 13.1. The Labute approximate surface area is 171 Å². The summed E-state index contributed by atoms with van der Waals surface area (Å²) in [5.41, 5.74) is 3.13. The molecule has 0 unspecified atom stereocenters. The van der Waals surface area contributed by atoms with Crippen molar-refractivity contribution in [1.29, 1.82) is 0 Å². The summed E-state index contributed by atoms with van der Waals surface area (Å²) >= 11 is 6.34. The summed E-state index contributed by atoms with van der Waals surface area (Å²) in [6, 6.07) is 20.0. The molecule has 0 spiro atoms. The summed E-state index contributed by atoms with van der Waals surface area (Å²) in [6.45, 7) is 3.82. The summed E-state index contributed by atoms with van der Waals surface area (Å²) < 4.78 is 1.32. The Kier molecular flexibility index (Phi) is 4.97. The number of fused-ring (bicyclic) bond motifs is 1. The Morgan fingerprint density at radius 2 is 1.69 bits per heavy atom. The lowest BCUT2D eigenvalue weighted by atomic mass is 10.00. The number of rotatable bonds is 4. The van der Waals surface area contributed by atoms with E-state index in [1.54, 1.807) is 36.4 Å². The second-order valence-corrected chi connectivity index (χ2v) is 6.81. The lowest BCUT2D eigenvalue weighted by Crippen LogP contribution is -2.22. The Morgan fingerprint density at radius 3 is 2.41 bits per heavy atom. The van der Waals surface area contributed by atoms with Gasteiger partial charge >= 0.3 is 0 Å². The first-order valence-electron chi connectivity index (χ1n) is 8.84. The Balaban J connectivity index is 2.09. The minimum Gasteiger partial charge on any atom is -0.411 e. The molecule has 0 saturated carbocycles. The maximum atomic E-state index is 13.1. The smallest absolute Gasteiger partial charge is 0.279 e. The number of para-hydroxylation sites is 1. The molecular formula is C23H16ClN3O2. The predicted octanol–water partition coefficient (Wildman–Crippen LogP) is 5.16. The van der Waals surface area contributed by atoms with E-state index in [0.717, 1.165) is 11.1 Å². The number of halogens is 1. The van der Waals surface area contributed by atoms with Crippen LogP contribution in [0.4, 0.5) is 0 Å². The normalized spacial score (nSPS) is 11.2. The van der Waals surface area contributed by atoms with Crippen LogP contribution >= 0.6 is 11.6 Å². The van der Waals surface area contributed by atoms with Gasteiger partial charge < -0.3 is 5.21 Å². The molecule has 29 heavy (non-hydrogen) atoms. The van der Waals surface area contributed by atoms with Crippen LogP contribution in [0.2, 0.25) is 5.02 Å². The fourth-order valence-corrected chi connectivity index (χ4v) is 3.48. The van der Waals surface area contributed by atoms with Gasteiger partial charge in [-0.15, -0.1) is 0 Å². The molecule has 0 atom stereocenters. The number of hydrogen-bond donors (Lipinski definition) is 1. The first-order chi connectivity index (χ1) is 14.1. The molecule has 5 nitrogen and oxygen atoms in total. The van der Waals surface area contributed by atoms with E-state index in [0.29, 0.717) is 32.7 Å². The van der Waals surface area contributed by atoms with Gasteiger partial charge in [0.25, 0.3) is 5.56 Å². The van der Waals surface area contributed by atoms with Crippen LogP contribution in [-0.2, 0) is 0 Å². The van der Waals surface area contributed by atoms with Crippen molar-refractivity contribution in [2.45, 2.75) is 0 Å². The third kappa shape index (κ3) is 3.44. The van der Waals surface area contributed by atoms with Gasteiger partial charge in [-0.05, 0) is 47.5 Å². The van der Waals surface area contributed by atoms with Crippen LogP contribution in [0.5, 0.6) is 0 Å². The molecule has 0 fully saturated rings. The summed E-state index contributed by atoms with van der Waals surface area (Å²) in [5, 5.41) is 18.4. The van der Waals surface area contributed by atoms with Crippen LogP contribution in [0.25, 0.3) is 33.8 Å². The van der Waals surface area contributed by atoms with Crippen LogP contribution in [0.3, 0.4) is 0 Å². The third-order valence-electron chi connectivity index (χ3n) is 4.58. The molecule has 0 amide bonds. The van der Waals surface area contributed by atoms with Gasteiger partial charge in [-0.1, -0.05) is 59.7 Å². The van der Waals surface area contributed by atoms with E-state index in [4.69, 9.17) is 16.8 Å². The molecule has 1 aromatic heterocycles. The van der Waals surface area contributed by atoms with Crippen LogP contribution in [-0.4, -0.2) is 21.2 Å². The SMILES string of the molecule is C=Cc1cc(/C=N/O)cc(-c2nn(-c3ccccc3Cl)c(=O)c3ccccc23)c1. The van der Waals surface area contributed by atoms with Crippen molar-refractivity contribution in [1.82, 2.24) is 9.78 Å². The van der Waals surface area contributed by atoms with Crippen LogP contribution in [0.1, 0.15) is 11.1 Å². The van der Waals surface area contributed by atoms with E-state index in [-0.39, 0.29) is 5.56 Å². The van der Waals surface area contributed by atoms with Crippen molar-refractivity contribution in [3.63, 3.8) is 0 Å².